The molecule has 3 heterocycles. The lowest BCUT2D eigenvalue weighted by Gasteiger charge is -2.22. The van der Waals surface area contributed by atoms with Crippen LogP contribution in [0.15, 0.2) is 60.0 Å². The second-order valence-corrected chi connectivity index (χ2v) is 11.3. The predicted molar refractivity (Wildman–Crippen MR) is 139 cm³/mol. The van der Waals surface area contributed by atoms with Crippen LogP contribution in [0.2, 0.25) is 10.0 Å². The molecule has 9 nitrogen and oxygen atoms in total. The van der Waals surface area contributed by atoms with Crippen molar-refractivity contribution >= 4 is 50.1 Å². The summed E-state index contributed by atoms with van der Waals surface area (Å²) in [5.74, 6) is -0.725. The fourth-order valence-electron chi connectivity index (χ4n) is 4.52. The molecule has 2 aromatic carbocycles. The largest absolute Gasteiger partial charge is 0.487 e. The zero-order chi connectivity index (χ0) is 26.3. The molecule has 12 heteroatoms. The van der Waals surface area contributed by atoms with Gasteiger partial charge in [0.2, 0.25) is 10.0 Å². The van der Waals surface area contributed by atoms with Gasteiger partial charge in [0.25, 0.3) is 0 Å². The average molecular weight is 561 g/mol. The second-order valence-electron chi connectivity index (χ2n) is 8.64. The number of nitrogens with zero attached hydrogens (tertiary/aromatic N) is 4. The van der Waals surface area contributed by atoms with Crippen molar-refractivity contribution in [2.75, 3.05) is 6.54 Å². The van der Waals surface area contributed by atoms with Crippen molar-refractivity contribution < 1.29 is 23.1 Å². The zero-order valence-electron chi connectivity index (χ0n) is 19.6. The fraction of sp³-hybridized carbons (Fsp3) is 0.240. The van der Waals surface area contributed by atoms with Crippen LogP contribution in [0.1, 0.15) is 24.1 Å². The van der Waals surface area contributed by atoms with E-state index in [1.807, 2.05) is 35.9 Å². The number of rotatable bonds is 7. The van der Waals surface area contributed by atoms with E-state index in [4.69, 9.17) is 27.9 Å². The molecule has 1 aliphatic rings. The van der Waals surface area contributed by atoms with Gasteiger partial charge >= 0.3 is 5.97 Å². The number of carboxylic acid groups (broad SMARTS) is 1. The minimum absolute atomic E-state index is 0.102. The van der Waals surface area contributed by atoms with E-state index in [1.165, 1.54) is 12.1 Å². The van der Waals surface area contributed by atoms with Gasteiger partial charge in [-0.1, -0.05) is 35.3 Å². The molecule has 0 saturated carbocycles. The van der Waals surface area contributed by atoms with E-state index in [0.717, 1.165) is 21.1 Å². The third-order valence-corrected chi connectivity index (χ3v) is 9.14. The van der Waals surface area contributed by atoms with Crippen LogP contribution in [-0.4, -0.2) is 50.9 Å². The Bertz CT molecular complexity index is 1610. The summed E-state index contributed by atoms with van der Waals surface area (Å²) in [5.41, 5.74) is 2.54. The molecule has 2 aromatic heterocycles. The average Bonchev–Trinajstić information content (AvgIpc) is 3.56. The van der Waals surface area contributed by atoms with Crippen LogP contribution < -0.4 is 4.74 Å². The molecule has 1 N–H and O–H groups in total. The lowest BCUT2D eigenvalue weighted by molar-refractivity contribution is -0.140. The molecule has 0 spiro atoms. The number of aromatic nitrogens is 3. The van der Waals surface area contributed by atoms with Gasteiger partial charge in [0.15, 0.2) is 0 Å². The summed E-state index contributed by atoms with van der Waals surface area (Å²) in [6.07, 6.45) is 5.91. The van der Waals surface area contributed by atoms with Gasteiger partial charge in [0.1, 0.15) is 28.8 Å². The van der Waals surface area contributed by atoms with Gasteiger partial charge in [-0.15, -0.1) is 0 Å². The molecule has 37 heavy (non-hydrogen) atoms. The minimum Gasteiger partial charge on any atom is -0.487 e. The van der Waals surface area contributed by atoms with E-state index >= 15 is 0 Å². The Labute approximate surface area is 223 Å². The van der Waals surface area contributed by atoms with Crippen LogP contribution in [0.5, 0.6) is 5.75 Å². The zero-order valence-corrected chi connectivity index (χ0v) is 22.0. The topological polar surface area (TPSA) is 115 Å². The normalized spacial score (nSPS) is 16.4. The van der Waals surface area contributed by atoms with E-state index in [0.29, 0.717) is 17.7 Å². The third-order valence-electron chi connectivity index (χ3n) is 6.29. The minimum atomic E-state index is -4.17. The number of fused-ring (bicyclic) bond motifs is 1. The number of imidazole rings is 1. The van der Waals surface area contributed by atoms with Crippen molar-refractivity contribution in [1.29, 1.82) is 0 Å². The smallest absolute Gasteiger partial charge is 0.322 e. The molecule has 4 aromatic rings. The van der Waals surface area contributed by atoms with Gasteiger partial charge in [-0.25, -0.2) is 18.4 Å². The highest BCUT2D eigenvalue weighted by molar-refractivity contribution is 7.89. The first kappa shape index (κ1) is 25.5. The number of carbonyl (C=O) groups is 1. The van der Waals surface area contributed by atoms with E-state index in [9.17, 15) is 18.3 Å². The lowest BCUT2D eigenvalue weighted by atomic mass is 10.1. The van der Waals surface area contributed by atoms with Crippen molar-refractivity contribution in [3.8, 4) is 11.4 Å². The Morgan fingerprint density at radius 1 is 1.24 bits per heavy atom. The number of pyridine rings is 1. The van der Waals surface area contributed by atoms with Crippen molar-refractivity contribution in [1.82, 2.24) is 18.8 Å². The van der Waals surface area contributed by atoms with E-state index in [-0.39, 0.29) is 40.1 Å². The maximum atomic E-state index is 13.3. The summed E-state index contributed by atoms with van der Waals surface area (Å²) in [6.45, 7) is 1.85. The summed E-state index contributed by atoms with van der Waals surface area (Å²) in [4.78, 5) is 20.2. The van der Waals surface area contributed by atoms with Crippen LogP contribution in [0, 0.1) is 6.92 Å². The van der Waals surface area contributed by atoms with Gasteiger partial charge in [0, 0.05) is 40.6 Å². The number of para-hydroxylation sites is 1. The first-order valence-corrected chi connectivity index (χ1v) is 13.6. The number of benzene rings is 2. The molecule has 1 fully saturated rings. The molecule has 5 rings (SSSR count). The second kappa shape index (κ2) is 9.94. The third kappa shape index (κ3) is 4.66. The number of ether oxygens (including phenoxy) is 1. The summed E-state index contributed by atoms with van der Waals surface area (Å²) in [5, 5.41) is 10.4. The van der Waals surface area contributed by atoms with Gasteiger partial charge in [-0.3, -0.25) is 4.79 Å². The van der Waals surface area contributed by atoms with Crippen LogP contribution in [-0.2, 0) is 21.4 Å². The molecule has 0 bridgehead atoms. The van der Waals surface area contributed by atoms with E-state index in [2.05, 4.69) is 9.97 Å². The standard InChI is InChI=1S/C25H22Cl2N4O5S/c1-15-12-20(30-11-9-28-14-30)16-4-2-6-21(24(16)29-15)36-13-17-18(26)7-8-22(23(17)27)37(34,35)31-10-3-5-19(31)25(32)33/h2,4,6-9,11-12,14,19H,3,5,10,13H2,1H3,(H,32,33)/t19-/m1/s1. The molecule has 0 aliphatic carbocycles. The highest BCUT2D eigenvalue weighted by Gasteiger charge is 2.40. The number of sulfonamides is 1. The number of aliphatic carboxylic acids is 1. The summed E-state index contributed by atoms with van der Waals surface area (Å²) < 4.78 is 35.6. The Morgan fingerprint density at radius 3 is 2.78 bits per heavy atom. The first-order chi connectivity index (χ1) is 17.7. The molecule has 0 amide bonds. The van der Waals surface area contributed by atoms with Crippen LogP contribution in [0.4, 0.5) is 0 Å². The molecular weight excluding hydrogens is 539 g/mol. The molecule has 0 radical (unpaired) electrons. The van der Waals surface area contributed by atoms with Crippen molar-refractivity contribution in [3.63, 3.8) is 0 Å². The number of hydrogen-bond acceptors (Lipinski definition) is 6. The molecule has 1 atom stereocenters. The number of hydrogen-bond donors (Lipinski definition) is 1. The summed E-state index contributed by atoms with van der Waals surface area (Å²) >= 11 is 13.0. The van der Waals surface area contributed by atoms with Crippen molar-refractivity contribution in [2.24, 2.45) is 0 Å². The van der Waals surface area contributed by atoms with Crippen LogP contribution in [0.3, 0.4) is 0 Å². The van der Waals surface area contributed by atoms with Gasteiger partial charge in [0.05, 0.1) is 17.0 Å². The lowest BCUT2D eigenvalue weighted by Crippen LogP contribution is -2.40. The Morgan fingerprint density at radius 2 is 2.05 bits per heavy atom. The van der Waals surface area contributed by atoms with E-state index < -0.39 is 22.0 Å². The maximum absolute atomic E-state index is 13.3. The first-order valence-electron chi connectivity index (χ1n) is 11.4. The quantitative estimate of drug-likeness (QED) is 0.343. The van der Waals surface area contributed by atoms with Gasteiger partial charge in [-0.2, -0.15) is 4.31 Å². The Hall–Kier alpha value is -3.18. The van der Waals surface area contributed by atoms with Gasteiger partial charge in [-0.05, 0) is 44.0 Å². The number of carboxylic acids is 1. The molecule has 1 saturated heterocycles. The molecule has 192 valence electrons. The SMILES string of the molecule is Cc1cc(-n2ccnc2)c2cccc(OCc3c(Cl)ccc(S(=O)(=O)N4CCC[C@@H]4C(=O)O)c3Cl)c2n1. The molecule has 1 aliphatic heterocycles. The highest BCUT2D eigenvalue weighted by Crippen LogP contribution is 2.37. The van der Waals surface area contributed by atoms with Gasteiger partial charge < -0.3 is 14.4 Å². The van der Waals surface area contributed by atoms with E-state index in [1.54, 1.807) is 18.6 Å². The van der Waals surface area contributed by atoms with Crippen molar-refractivity contribution in [2.45, 2.75) is 37.3 Å². The predicted octanol–water partition coefficient (Wildman–Crippen LogP) is 4.85. The van der Waals surface area contributed by atoms with Crippen LogP contribution >= 0.6 is 23.2 Å². The number of halogens is 2. The molecular formula is C25H22Cl2N4O5S. The van der Waals surface area contributed by atoms with Crippen LogP contribution in [0.25, 0.3) is 16.6 Å². The Balaban J connectivity index is 1.50. The van der Waals surface area contributed by atoms with Crippen molar-refractivity contribution in [3.05, 3.63) is 76.4 Å². The summed E-state index contributed by atoms with van der Waals surface area (Å²) in [6, 6.07) is 9.04. The number of aryl methyl sites for hydroxylation is 1. The monoisotopic (exact) mass is 560 g/mol. The molecule has 0 unspecified atom stereocenters. The summed E-state index contributed by atoms with van der Waals surface area (Å²) in [7, 11) is -4.17. The fourth-order valence-corrected chi connectivity index (χ4v) is 7.03. The Kier molecular flexibility index (Phi) is 6.84. The highest BCUT2D eigenvalue weighted by atomic mass is 35.5. The maximum Gasteiger partial charge on any atom is 0.322 e.